The first kappa shape index (κ1) is 20.3. The summed E-state index contributed by atoms with van der Waals surface area (Å²) in [7, 11) is -3.11. The quantitative estimate of drug-likeness (QED) is 0.635. The molecule has 0 heterocycles. The predicted octanol–water partition coefficient (Wildman–Crippen LogP) is 3.78. The van der Waals surface area contributed by atoms with Gasteiger partial charge in [-0.15, -0.1) is 0 Å². The van der Waals surface area contributed by atoms with Gasteiger partial charge in [-0.25, -0.2) is 12.8 Å². The fourth-order valence-electron chi connectivity index (χ4n) is 2.91. The summed E-state index contributed by atoms with van der Waals surface area (Å²) in [5.41, 5.74) is 1.43. The lowest BCUT2D eigenvalue weighted by Crippen LogP contribution is -2.36. The molecule has 0 aromatic heterocycles. The van der Waals surface area contributed by atoms with Crippen LogP contribution in [-0.2, 0) is 14.8 Å². The lowest BCUT2D eigenvalue weighted by Gasteiger charge is -2.25. The van der Waals surface area contributed by atoms with E-state index in [0.717, 1.165) is 15.9 Å². The summed E-state index contributed by atoms with van der Waals surface area (Å²) in [5.74, 6) is -2.32. The lowest BCUT2D eigenvalue weighted by molar-refractivity contribution is -0.135. The number of benzene rings is 3. The van der Waals surface area contributed by atoms with Crippen LogP contribution in [0.1, 0.15) is 0 Å². The van der Waals surface area contributed by atoms with Gasteiger partial charge in [0.05, 0.1) is 17.7 Å². The van der Waals surface area contributed by atoms with Crippen LogP contribution in [0.5, 0.6) is 5.75 Å². The van der Waals surface area contributed by atoms with Gasteiger partial charge < -0.3 is 9.84 Å². The minimum absolute atomic E-state index is 0.113. The lowest BCUT2D eigenvalue weighted by atomic mass is 10.0. The van der Waals surface area contributed by atoms with Gasteiger partial charge in [-0.1, -0.05) is 48.5 Å². The maximum Gasteiger partial charge on any atom is 0.324 e. The third-order valence-corrected chi connectivity index (χ3v) is 6.00. The highest BCUT2D eigenvalue weighted by molar-refractivity contribution is 7.92. The van der Waals surface area contributed by atoms with Crippen LogP contribution in [0.4, 0.5) is 10.1 Å². The van der Waals surface area contributed by atoms with Crippen LogP contribution in [0.3, 0.4) is 0 Å². The van der Waals surface area contributed by atoms with Crippen molar-refractivity contribution >= 4 is 21.7 Å². The van der Waals surface area contributed by atoms with Crippen molar-refractivity contribution in [3.05, 3.63) is 78.6 Å². The molecule has 0 saturated heterocycles. The molecule has 0 bridgehead atoms. The molecule has 29 heavy (non-hydrogen) atoms. The molecule has 3 aromatic rings. The molecule has 0 atom stereocenters. The molecule has 0 aliphatic heterocycles. The second-order valence-corrected chi connectivity index (χ2v) is 7.95. The Hall–Kier alpha value is -3.39. The number of anilines is 1. The average molecular weight is 415 g/mol. The number of rotatable bonds is 7. The van der Waals surface area contributed by atoms with Gasteiger partial charge in [0, 0.05) is 5.56 Å². The molecule has 8 heteroatoms. The number of aliphatic carboxylic acids is 1. The number of sulfonamides is 1. The molecule has 0 saturated carbocycles. The van der Waals surface area contributed by atoms with Gasteiger partial charge >= 0.3 is 5.97 Å². The van der Waals surface area contributed by atoms with Crippen molar-refractivity contribution in [3.63, 3.8) is 0 Å². The highest BCUT2D eigenvalue weighted by Gasteiger charge is 2.29. The summed E-state index contributed by atoms with van der Waals surface area (Å²) < 4.78 is 46.2. The van der Waals surface area contributed by atoms with Crippen molar-refractivity contribution in [1.29, 1.82) is 0 Å². The molecule has 0 unspecified atom stereocenters. The first-order chi connectivity index (χ1) is 13.8. The molecule has 0 radical (unpaired) electrons. The SMILES string of the molecule is COc1ccc(S(=O)(=O)N(CC(=O)O)c2ccccc2-c2ccccc2)cc1F. The molecule has 150 valence electrons. The molecular weight excluding hydrogens is 397 g/mol. The molecule has 6 nitrogen and oxygen atoms in total. The van der Waals surface area contributed by atoms with Crippen molar-refractivity contribution in [2.24, 2.45) is 0 Å². The zero-order valence-corrected chi connectivity index (χ0v) is 16.3. The maximum atomic E-state index is 14.1. The van der Waals surface area contributed by atoms with E-state index in [1.54, 1.807) is 42.5 Å². The van der Waals surface area contributed by atoms with Crippen molar-refractivity contribution in [2.75, 3.05) is 18.0 Å². The number of carboxylic acid groups (broad SMARTS) is 1. The number of hydrogen-bond acceptors (Lipinski definition) is 4. The number of methoxy groups -OCH3 is 1. The molecule has 0 fully saturated rings. The van der Waals surface area contributed by atoms with Gasteiger partial charge in [0.25, 0.3) is 10.0 Å². The largest absolute Gasteiger partial charge is 0.494 e. The van der Waals surface area contributed by atoms with Gasteiger partial charge in [-0.3, -0.25) is 9.10 Å². The number of nitrogens with zero attached hydrogens (tertiary/aromatic N) is 1. The van der Waals surface area contributed by atoms with Gasteiger partial charge in [0.2, 0.25) is 0 Å². The summed E-state index contributed by atoms with van der Waals surface area (Å²) in [5, 5.41) is 9.35. The number of carboxylic acids is 1. The molecule has 3 aromatic carbocycles. The van der Waals surface area contributed by atoms with Crippen molar-refractivity contribution in [2.45, 2.75) is 4.90 Å². The normalized spacial score (nSPS) is 11.1. The molecule has 0 amide bonds. The summed E-state index contributed by atoms with van der Waals surface area (Å²) >= 11 is 0. The van der Waals surface area contributed by atoms with Crippen molar-refractivity contribution in [1.82, 2.24) is 0 Å². The van der Waals surface area contributed by atoms with E-state index in [1.807, 2.05) is 6.07 Å². The predicted molar refractivity (Wildman–Crippen MR) is 107 cm³/mol. The van der Waals surface area contributed by atoms with Gasteiger partial charge in [-0.2, -0.15) is 0 Å². The second kappa shape index (κ2) is 8.32. The third kappa shape index (κ3) is 4.22. The van der Waals surface area contributed by atoms with Crippen LogP contribution in [0.2, 0.25) is 0 Å². The Morgan fingerprint density at radius 1 is 1.03 bits per heavy atom. The van der Waals surface area contributed by atoms with E-state index in [0.29, 0.717) is 5.56 Å². The van der Waals surface area contributed by atoms with E-state index in [1.165, 1.54) is 25.3 Å². The monoisotopic (exact) mass is 415 g/mol. The summed E-state index contributed by atoms with van der Waals surface area (Å²) in [6.07, 6.45) is 0. The Morgan fingerprint density at radius 2 is 1.69 bits per heavy atom. The van der Waals surface area contributed by atoms with Crippen LogP contribution in [0.15, 0.2) is 77.7 Å². The fraction of sp³-hybridized carbons (Fsp3) is 0.0952. The Bertz CT molecular complexity index is 1130. The number of carbonyl (C=O) groups is 1. The van der Waals surface area contributed by atoms with Crippen molar-refractivity contribution < 1.29 is 27.4 Å². The summed E-state index contributed by atoms with van der Waals surface area (Å²) in [4.78, 5) is 11.1. The molecular formula is C21H18FNO5S. The number of para-hydroxylation sites is 1. The number of hydrogen-bond donors (Lipinski definition) is 1. The first-order valence-electron chi connectivity index (χ1n) is 8.57. The fourth-order valence-corrected chi connectivity index (χ4v) is 4.36. The van der Waals surface area contributed by atoms with Crippen molar-refractivity contribution in [3.8, 4) is 16.9 Å². The highest BCUT2D eigenvalue weighted by atomic mass is 32.2. The van der Waals surface area contributed by atoms with Crippen LogP contribution >= 0.6 is 0 Å². The standard InChI is InChI=1S/C21H18FNO5S/c1-28-20-12-11-16(13-18(20)22)29(26,27)23(14-21(24)25)19-10-6-5-9-17(19)15-7-3-2-4-8-15/h2-13H,14H2,1H3,(H,24,25). The van der Waals surface area contributed by atoms with Crippen LogP contribution in [-0.4, -0.2) is 33.1 Å². The molecule has 0 aliphatic rings. The van der Waals surface area contributed by atoms with E-state index >= 15 is 0 Å². The average Bonchev–Trinajstić information content (AvgIpc) is 2.72. The Morgan fingerprint density at radius 3 is 2.31 bits per heavy atom. The minimum atomic E-state index is -4.37. The smallest absolute Gasteiger partial charge is 0.324 e. The molecule has 0 spiro atoms. The highest BCUT2D eigenvalue weighted by Crippen LogP contribution is 2.34. The Kier molecular flexibility index (Phi) is 5.84. The first-order valence-corrected chi connectivity index (χ1v) is 10.0. The van der Waals surface area contributed by atoms with E-state index in [9.17, 15) is 22.7 Å². The van der Waals surface area contributed by atoms with Gasteiger partial charge in [0.1, 0.15) is 6.54 Å². The van der Waals surface area contributed by atoms with Gasteiger partial charge in [-0.05, 0) is 29.8 Å². The topological polar surface area (TPSA) is 83.9 Å². The van der Waals surface area contributed by atoms with E-state index < -0.39 is 28.4 Å². The van der Waals surface area contributed by atoms with Crippen LogP contribution in [0, 0.1) is 5.82 Å². The summed E-state index contributed by atoms with van der Waals surface area (Å²) in [6, 6.07) is 18.7. The zero-order valence-electron chi connectivity index (χ0n) is 15.4. The third-order valence-electron chi connectivity index (χ3n) is 4.25. The number of halogens is 1. The van der Waals surface area contributed by atoms with E-state index in [2.05, 4.69) is 0 Å². The van der Waals surface area contributed by atoms with Gasteiger partial charge in [0.15, 0.2) is 11.6 Å². The molecule has 3 rings (SSSR count). The second-order valence-electron chi connectivity index (χ2n) is 6.08. The van der Waals surface area contributed by atoms with Crippen LogP contribution < -0.4 is 9.04 Å². The zero-order chi connectivity index (χ0) is 21.0. The van der Waals surface area contributed by atoms with E-state index in [4.69, 9.17) is 4.74 Å². The Labute approximate surface area is 167 Å². The van der Waals surface area contributed by atoms with Crippen LogP contribution in [0.25, 0.3) is 11.1 Å². The number of ether oxygens (including phenoxy) is 1. The minimum Gasteiger partial charge on any atom is -0.494 e. The van der Waals surface area contributed by atoms with E-state index in [-0.39, 0.29) is 16.3 Å². The molecule has 0 aliphatic carbocycles. The maximum absolute atomic E-state index is 14.1. The molecule has 1 N–H and O–H groups in total. The summed E-state index contributed by atoms with van der Waals surface area (Å²) in [6.45, 7) is -0.820. The Balaban J connectivity index is 2.18.